The molecule has 1 amide bonds. The zero-order valence-electron chi connectivity index (χ0n) is 11.1. The van der Waals surface area contributed by atoms with Crippen LogP contribution in [0.25, 0.3) is 0 Å². The lowest BCUT2D eigenvalue weighted by Gasteiger charge is -2.17. The van der Waals surface area contributed by atoms with Crippen LogP contribution in [0.3, 0.4) is 0 Å². The number of hydrogen-bond acceptors (Lipinski definition) is 5. The number of hydrogen-bond donors (Lipinski definition) is 3. The van der Waals surface area contributed by atoms with Crippen LogP contribution in [0.15, 0.2) is 18.2 Å². The number of nitrogens with two attached hydrogens (primary N) is 1. The highest BCUT2D eigenvalue weighted by molar-refractivity contribution is 5.94. The first-order valence-electron chi connectivity index (χ1n) is 6.63. The van der Waals surface area contributed by atoms with Gasteiger partial charge < -0.3 is 16.4 Å². The summed E-state index contributed by atoms with van der Waals surface area (Å²) in [5.74, 6) is -0.671. The average molecular weight is 278 g/mol. The fourth-order valence-corrected chi connectivity index (χ4v) is 2.32. The molecule has 0 aromatic heterocycles. The van der Waals surface area contributed by atoms with E-state index >= 15 is 0 Å². The molecule has 4 N–H and O–H groups in total. The van der Waals surface area contributed by atoms with Crippen molar-refractivity contribution in [3.8, 4) is 0 Å². The molecule has 0 radical (unpaired) electrons. The second-order valence-corrected chi connectivity index (χ2v) is 4.89. The van der Waals surface area contributed by atoms with Gasteiger partial charge in [-0.1, -0.05) is 6.42 Å². The molecule has 1 heterocycles. The molecule has 1 aromatic rings. The van der Waals surface area contributed by atoms with Gasteiger partial charge in [0.05, 0.1) is 4.92 Å². The first-order valence-corrected chi connectivity index (χ1v) is 6.63. The fourth-order valence-electron chi connectivity index (χ4n) is 2.32. The molecule has 1 aromatic carbocycles. The summed E-state index contributed by atoms with van der Waals surface area (Å²) in [6.07, 6.45) is 3.15. The van der Waals surface area contributed by atoms with Crippen LogP contribution < -0.4 is 16.4 Å². The van der Waals surface area contributed by atoms with Gasteiger partial charge in [-0.3, -0.25) is 14.9 Å². The van der Waals surface area contributed by atoms with Crippen LogP contribution in [0.4, 0.5) is 11.4 Å². The summed E-state index contributed by atoms with van der Waals surface area (Å²) in [5.41, 5.74) is 5.59. The normalized spacial score (nSPS) is 19.1. The Labute approximate surface area is 116 Å². The van der Waals surface area contributed by atoms with Gasteiger partial charge in [0.2, 0.25) is 5.91 Å². The van der Waals surface area contributed by atoms with E-state index in [-0.39, 0.29) is 17.3 Å². The minimum absolute atomic E-state index is 0.120. The number of nitrogens with zero attached hydrogens (tertiary/aromatic N) is 1. The number of anilines is 1. The van der Waals surface area contributed by atoms with E-state index in [0.717, 1.165) is 32.4 Å². The van der Waals surface area contributed by atoms with Crippen LogP contribution in [0.2, 0.25) is 0 Å². The smallest absolute Gasteiger partial charge is 0.293 e. The van der Waals surface area contributed by atoms with Crippen molar-refractivity contribution >= 4 is 17.3 Å². The van der Waals surface area contributed by atoms with Crippen molar-refractivity contribution in [1.29, 1.82) is 0 Å². The molecule has 7 heteroatoms. The van der Waals surface area contributed by atoms with E-state index in [4.69, 9.17) is 5.73 Å². The lowest BCUT2D eigenvalue weighted by atomic mass is 10.1. The zero-order chi connectivity index (χ0) is 14.5. The topological polar surface area (TPSA) is 110 Å². The zero-order valence-corrected chi connectivity index (χ0v) is 11.1. The number of benzene rings is 1. The first kappa shape index (κ1) is 14.3. The largest absolute Gasteiger partial charge is 0.375 e. The van der Waals surface area contributed by atoms with Crippen molar-refractivity contribution in [1.82, 2.24) is 5.32 Å². The minimum Gasteiger partial charge on any atom is -0.375 e. The molecule has 0 aliphatic carbocycles. The van der Waals surface area contributed by atoms with E-state index in [0.29, 0.717) is 5.69 Å². The summed E-state index contributed by atoms with van der Waals surface area (Å²) in [4.78, 5) is 21.7. The van der Waals surface area contributed by atoms with Gasteiger partial charge in [0.1, 0.15) is 5.69 Å². The second-order valence-electron chi connectivity index (χ2n) is 4.89. The van der Waals surface area contributed by atoms with Crippen LogP contribution in [0.1, 0.15) is 29.6 Å². The Balaban J connectivity index is 2.21. The Morgan fingerprint density at radius 3 is 2.95 bits per heavy atom. The molecule has 108 valence electrons. The number of amides is 1. The molecule has 1 aliphatic heterocycles. The highest BCUT2D eigenvalue weighted by atomic mass is 16.6. The van der Waals surface area contributed by atoms with E-state index in [1.165, 1.54) is 12.1 Å². The maximum atomic E-state index is 11.1. The molecule has 20 heavy (non-hydrogen) atoms. The van der Waals surface area contributed by atoms with Gasteiger partial charge in [-0.15, -0.1) is 0 Å². The van der Waals surface area contributed by atoms with Crippen molar-refractivity contribution < 1.29 is 9.72 Å². The number of primary amides is 1. The van der Waals surface area contributed by atoms with Gasteiger partial charge in [0.15, 0.2) is 0 Å². The Hall–Kier alpha value is -2.15. The Morgan fingerprint density at radius 1 is 1.45 bits per heavy atom. The number of nitrogens with one attached hydrogen (secondary N) is 2. The second kappa shape index (κ2) is 6.33. The van der Waals surface area contributed by atoms with E-state index in [9.17, 15) is 14.9 Å². The summed E-state index contributed by atoms with van der Waals surface area (Å²) < 4.78 is 0. The molecule has 2 rings (SSSR count). The summed E-state index contributed by atoms with van der Waals surface area (Å²) in [7, 11) is 0. The number of carbonyl (C=O) groups excluding carboxylic acids is 1. The average Bonchev–Trinajstić information content (AvgIpc) is 2.67. The third-order valence-electron chi connectivity index (χ3n) is 3.39. The maximum Gasteiger partial charge on any atom is 0.293 e. The monoisotopic (exact) mass is 278 g/mol. The Bertz CT molecular complexity index is 510. The molecule has 1 saturated heterocycles. The third kappa shape index (κ3) is 3.45. The van der Waals surface area contributed by atoms with Gasteiger partial charge >= 0.3 is 0 Å². The number of carbonyl (C=O) groups is 1. The number of rotatable bonds is 4. The maximum absolute atomic E-state index is 11.1. The highest BCUT2D eigenvalue weighted by Crippen LogP contribution is 2.27. The van der Waals surface area contributed by atoms with Crippen LogP contribution in [-0.2, 0) is 0 Å². The standard InChI is InChI=1S/C13H18N4O3/c14-13(18)9-4-5-11(12(7-9)17(19)20)16-10-3-1-2-6-15-8-10/h4-5,7,10,15-16H,1-3,6,8H2,(H2,14,18). The molecule has 0 bridgehead atoms. The van der Waals surface area contributed by atoms with Crippen molar-refractivity contribution in [3.05, 3.63) is 33.9 Å². The van der Waals surface area contributed by atoms with Crippen molar-refractivity contribution in [2.24, 2.45) is 5.73 Å². The third-order valence-corrected chi connectivity index (χ3v) is 3.39. The molecule has 0 saturated carbocycles. The SMILES string of the molecule is NC(=O)c1ccc(NC2CCCCNC2)c([N+](=O)[O-])c1. The van der Waals surface area contributed by atoms with E-state index in [1.54, 1.807) is 6.07 Å². The van der Waals surface area contributed by atoms with Crippen molar-refractivity contribution in [2.75, 3.05) is 18.4 Å². The molecule has 1 unspecified atom stereocenters. The van der Waals surface area contributed by atoms with Gasteiger partial charge in [-0.2, -0.15) is 0 Å². The van der Waals surface area contributed by atoms with Gasteiger partial charge in [-0.25, -0.2) is 0 Å². The molecular formula is C13H18N4O3. The lowest BCUT2D eigenvalue weighted by Crippen LogP contribution is -2.31. The van der Waals surface area contributed by atoms with Gasteiger partial charge in [-0.05, 0) is 31.5 Å². The molecule has 1 aliphatic rings. The van der Waals surface area contributed by atoms with Crippen LogP contribution in [0, 0.1) is 10.1 Å². The number of nitro benzene ring substituents is 1. The van der Waals surface area contributed by atoms with E-state index < -0.39 is 10.8 Å². The first-order chi connectivity index (χ1) is 9.58. The Kier molecular flexibility index (Phi) is 4.52. The predicted octanol–water partition coefficient (Wildman–Crippen LogP) is 1.25. The van der Waals surface area contributed by atoms with Crippen LogP contribution >= 0.6 is 0 Å². The minimum atomic E-state index is -0.671. The quantitative estimate of drug-likeness (QED) is 0.567. The van der Waals surface area contributed by atoms with Crippen LogP contribution in [-0.4, -0.2) is 30.0 Å². The summed E-state index contributed by atoms with van der Waals surface area (Å²) in [5, 5.41) is 17.6. The molecule has 1 atom stereocenters. The fraction of sp³-hybridized carbons (Fsp3) is 0.462. The van der Waals surface area contributed by atoms with Gasteiger partial charge in [0.25, 0.3) is 5.69 Å². The van der Waals surface area contributed by atoms with E-state index in [1.807, 2.05) is 0 Å². The van der Waals surface area contributed by atoms with E-state index in [2.05, 4.69) is 10.6 Å². The van der Waals surface area contributed by atoms with Crippen molar-refractivity contribution in [3.63, 3.8) is 0 Å². The number of nitro groups is 1. The molecule has 1 fully saturated rings. The van der Waals surface area contributed by atoms with Crippen LogP contribution in [0.5, 0.6) is 0 Å². The molecule has 0 spiro atoms. The van der Waals surface area contributed by atoms with Gasteiger partial charge in [0, 0.05) is 24.2 Å². The lowest BCUT2D eigenvalue weighted by molar-refractivity contribution is -0.384. The Morgan fingerprint density at radius 2 is 2.25 bits per heavy atom. The highest BCUT2D eigenvalue weighted by Gasteiger charge is 2.19. The van der Waals surface area contributed by atoms with Crippen molar-refractivity contribution in [2.45, 2.75) is 25.3 Å². The summed E-state index contributed by atoms with van der Waals surface area (Å²) >= 11 is 0. The molecular weight excluding hydrogens is 260 g/mol. The summed E-state index contributed by atoms with van der Waals surface area (Å²) in [6.45, 7) is 1.75. The summed E-state index contributed by atoms with van der Waals surface area (Å²) in [6, 6.07) is 4.41. The molecule has 7 nitrogen and oxygen atoms in total. The predicted molar refractivity (Wildman–Crippen MR) is 75.7 cm³/mol.